The lowest BCUT2D eigenvalue weighted by molar-refractivity contribution is 0.102. The molecule has 7 nitrogen and oxygen atoms in total. The molecule has 3 rings (SSSR count). The first kappa shape index (κ1) is 17.5. The first-order valence-electron chi connectivity index (χ1n) is 7.91. The van der Waals surface area contributed by atoms with E-state index in [1.165, 1.54) is 32.7 Å². The third-order valence-corrected chi connectivity index (χ3v) is 5.18. The van der Waals surface area contributed by atoms with Gasteiger partial charge in [0.15, 0.2) is 16.6 Å². The third kappa shape index (κ3) is 3.40. The molecule has 134 valence electrons. The topological polar surface area (TPSA) is 95.7 Å². The van der Waals surface area contributed by atoms with Crippen molar-refractivity contribution in [3.63, 3.8) is 0 Å². The largest absolute Gasteiger partial charge is 0.493 e. The lowest BCUT2D eigenvalue weighted by Gasteiger charge is -2.15. The molecule has 0 aliphatic heterocycles. The van der Waals surface area contributed by atoms with E-state index in [1.807, 2.05) is 0 Å². The van der Waals surface area contributed by atoms with Crippen molar-refractivity contribution in [2.24, 2.45) is 5.73 Å². The number of nitrogens with two attached hydrogens (primary N) is 1. The van der Waals surface area contributed by atoms with Crippen molar-refractivity contribution in [1.29, 1.82) is 0 Å². The van der Waals surface area contributed by atoms with Crippen molar-refractivity contribution < 1.29 is 19.0 Å². The number of fused-ring (bicyclic) bond motifs is 1. The van der Waals surface area contributed by atoms with E-state index in [4.69, 9.17) is 19.9 Å². The fraction of sp³-hybridized carbons (Fsp3) is 0.412. The van der Waals surface area contributed by atoms with Gasteiger partial charge in [-0.15, -0.1) is 11.3 Å². The molecule has 1 heterocycles. The van der Waals surface area contributed by atoms with Gasteiger partial charge >= 0.3 is 0 Å². The molecule has 8 heteroatoms. The van der Waals surface area contributed by atoms with Gasteiger partial charge in [-0.2, -0.15) is 0 Å². The van der Waals surface area contributed by atoms with Crippen molar-refractivity contribution in [2.75, 3.05) is 26.6 Å². The Morgan fingerprint density at radius 2 is 2.00 bits per heavy atom. The standard InChI is InChI=1S/C17H21N3O4S/c1-22-12-7-5-10(14(23-2)15(12)24-3)16(21)20-17-19-11-6-4-9(18)8-13(11)25-17/h5,7,9H,4,6,8,18H2,1-3H3,(H,19,20,21)/t9-/m0/s1. The summed E-state index contributed by atoms with van der Waals surface area (Å²) in [6, 6.07) is 3.48. The van der Waals surface area contributed by atoms with Crippen LogP contribution in [0.15, 0.2) is 12.1 Å². The first-order valence-corrected chi connectivity index (χ1v) is 8.73. The summed E-state index contributed by atoms with van der Waals surface area (Å²) in [7, 11) is 4.51. The maximum atomic E-state index is 12.7. The number of carbonyl (C=O) groups excluding carboxylic acids is 1. The monoisotopic (exact) mass is 363 g/mol. The molecule has 0 radical (unpaired) electrons. The average Bonchev–Trinajstić information content (AvgIpc) is 3.01. The van der Waals surface area contributed by atoms with E-state index >= 15 is 0 Å². The summed E-state index contributed by atoms with van der Waals surface area (Å²) in [6.07, 6.45) is 2.58. The maximum absolute atomic E-state index is 12.7. The summed E-state index contributed by atoms with van der Waals surface area (Å²) < 4.78 is 15.9. The van der Waals surface area contributed by atoms with Gasteiger partial charge in [0.1, 0.15) is 0 Å². The number of nitrogens with one attached hydrogen (secondary N) is 1. The molecule has 0 fully saturated rings. The molecule has 1 aromatic heterocycles. The van der Waals surface area contributed by atoms with Gasteiger partial charge in [0.05, 0.1) is 32.6 Å². The van der Waals surface area contributed by atoms with Crippen LogP contribution in [0.3, 0.4) is 0 Å². The van der Waals surface area contributed by atoms with E-state index in [0.717, 1.165) is 29.8 Å². The van der Waals surface area contributed by atoms with Crippen molar-refractivity contribution in [1.82, 2.24) is 4.98 Å². The summed E-state index contributed by atoms with van der Waals surface area (Å²) in [4.78, 5) is 18.4. The summed E-state index contributed by atoms with van der Waals surface area (Å²) >= 11 is 1.47. The highest BCUT2D eigenvalue weighted by atomic mass is 32.1. The van der Waals surface area contributed by atoms with Crippen LogP contribution < -0.4 is 25.3 Å². The molecule has 1 aliphatic carbocycles. The molecule has 1 amide bonds. The second kappa shape index (κ2) is 7.28. The molecule has 25 heavy (non-hydrogen) atoms. The molecule has 0 unspecified atom stereocenters. The maximum Gasteiger partial charge on any atom is 0.261 e. The number of ether oxygens (including phenoxy) is 3. The van der Waals surface area contributed by atoms with Crippen LogP contribution in [-0.4, -0.2) is 38.3 Å². The Bertz CT molecular complexity index is 790. The number of methoxy groups -OCH3 is 3. The molecular weight excluding hydrogens is 342 g/mol. The van der Waals surface area contributed by atoms with Crippen LogP contribution in [0, 0.1) is 0 Å². The van der Waals surface area contributed by atoms with Crippen molar-refractivity contribution in [3.8, 4) is 17.2 Å². The Hall–Kier alpha value is -2.32. The molecule has 0 spiro atoms. The minimum Gasteiger partial charge on any atom is -0.493 e. The van der Waals surface area contributed by atoms with Gasteiger partial charge in [-0.25, -0.2) is 4.98 Å². The lowest BCUT2D eigenvalue weighted by Crippen LogP contribution is -2.27. The zero-order valence-corrected chi connectivity index (χ0v) is 15.2. The van der Waals surface area contributed by atoms with E-state index in [-0.39, 0.29) is 11.9 Å². The number of rotatable bonds is 5. The average molecular weight is 363 g/mol. The minimum absolute atomic E-state index is 0.169. The van der Waals surface area contributed by atoms with Gasteiger partial charge in [-0.05, 0) is 31.4 Å². The number of benzene rings is 1. The third-order valence-electron chi connectivity index (χ3n) is 4.15. The molecule has 3 N–H and O–H groups in total. The molecular formula is C17H21N3O4S. The molecule has 0 bridgehead atoms. The van der Waals surface area contributed by atoms with Crippen molar-refractivity contribution in [2.45, 2.75) is 25.3 Å². The molecule has 2 aromatic rings. The second-order valence-corrected chi connectivity index (χ2v) is 6.81. The Balaban J connectivity index is 1.87. The number of nitrogens with zero attached hydrogens (tertiary/aromatic N) is 1. The molecule has 1 atom stereocenters. The van der Waals surface area contributed by atoms with Crippen LogP contribution in [0.25, 0.3) is 0 Å². The lowest BCUT2D eigenvalue weighted by atomic mass is 9.99. The predicted molar refractivity (Wildman–Crippen MR) is 96.2 cm³/mol. The van der Waals surface area contributed by atoms with Crippen LogP contribution in [0.1, 0.15) is 27.3 Å². The summed E-state index contributed by atoms with van der Waals surface area (Å²) in [5, 5.41) is 3.42. The molecule has 0 saturated heterocycles. The number of carbonyl (C=O) groups is 1. The minimum atomic E-state index is -0.312. The Morgan fingerprint density at radius 1 is 1.24 bits per heavy atom. The van der Waals surface area contributed by atoms with Crippen LogP contribution in [0.5, 0.6) is 17.2 Å². The number of aromatic nitrogens is 1. The van der Waals surface area contributed by atoms with E-state index in [1.54, 1.807) is 12.1 Å². The van der Waals surface area contributed by atoms with Gasteiger partial charge in [-0.1, -0.05) is 0 Å². The van der Waals surface area contributed by atoms with Gasteiger partial charge in [0.25, 0.3) is 5.91 Å². The Kier molecular flexibility index (Phi) is 5.10. The fourth-order valence-corrected chi connectivity index (χ4v) is 3.99. The second-order valence-electron chi connectivity index (χ2n) is 5.73. The van der Waals surface area contributed by atoms with E-state index < -0.39 is 0 Å². The van der Waals surface area contributed by atoms with E-state index in [2.05, 4.69) is 10.3 Å². The number of anilines is 1. The number of thiazole rings is 1. The normalized spacial score (nSPS) is 16.1. The first-order chi connectivity index (χ1) is 12.1. The SMILES string of the molecule is COc1ccc(C(=O)Nc2nc3c(s2)C[C@@H](N)CC3)c(OC)c1OC. The highest BCUT2D eigenvalue weighted by Gasteiger charge is 2.24. The van der Waals surface area contributed by atoms with Gasteiger partial charge in [-0.3, -0.25) is 10.1 Å². The van der Waals surface area contributed by atoms with Crippen LogP contribution in [-0.2, 0) is 12.8 Å². The van der Waals surface area contributed by atoms with Gasteiger partial charge < -0.3 is 19.9 Å². The Labute approximate surface area is 150 Å². The number of amides is 1. The smallest absolute Gasteiger partial charge is 0.261 e. The zero-order chi connectivity index (χ0) is 18.0. The van der Waals surface area contributed by atoms with E-state index in [9.17, 15) is 4.79 Å². The predicted octanol–water partition coefficient (Wildman–Crippen LogP) is 2.24. The molecule has 0 saturated carbocycles. The van der Waals surface area contributed by atoms with Crippen LogP contribution in [0.4, 0.5) is 5.13 Å². The van der Waals surface area contributed by atoms with Crippen LogP contribution in [0.2, 0.25) is 0 Å². The van der Waals surface area contributed by atoms with Gasteiger partial charge in [0, 0.05) is 10.9 Å². The summed E-state index contributed by atoms with van der Waals surface area (Å²) in [6.45, 7) is 0. The van der Waals surface area contributed by atoms with E-state index in [0.29, 0.717) is 27.9 Å². The molecule has 1 aliphatic rings. The van der Waals surface area contributed by atoms with Gasteiger partial charge in [0.2, 0.25) is 5.75 Å². The van der Waals surface area contributed by atoms with Crippen molar-refractivity contribution >= 4 is 22.4 Å². The molecule has 1 aromatic carbocycles. The number of hydrogen-bond donors (Lipinski definition) is 2. The highest BCUT2D eigenvalue weighted by Crippen LogP contribution is 2.40. The Morgan fingerprint density at radius 3 is 2.68 bits per heavy atom. The highest BCUT2D eigenvalue weighted by molar-refractivity contribution is 7.15. The van der Waals surface area contributed by atoms with Crippen LogP contribution >= 0.6 is 11.3 Å². The zero-order valence-electron chi connectivity index (χ0n) is 14.4. The summed E-state index contributed by atoms with van der Waals surface area (Å²) in [5.74, 6) is 0.882. The number of aryl methyl sites for hydroxylation is 1. The quantitative estimate of drug-likeness (QED) is 0.846. The fourth-order valence-electron chi connectivity index (χ4n) is 2.90. The van der Waals surface area contributed by atoms with Crippen molar-refractivity contribution in [3.05, 3.63) is 28.3 Å². The summed E-state index contributed by atoms with van der Waals surface area (Å²) in [5.41, 5.74) is 7.38. The number of hydrogen-bond acceptors (Lipinski definition) is 7.